The number of aryl methyl sites for hydroxylation is 2. The van der Waals surface area contributed by atoms with Crippen LogP contribution in [0.15, 0.2) is 47.3 Å². The number of H-pyrrole nitrogens is 1. The SMILES string of the molecule is COc1ccc(C)c2cc(CCNC(=O)CCc3cccc(Cl)c3)c(=O)[nH]c12. The third-order valence-corrected chi connectivity index (χ3v) is 4.98. The number of hydrogen-bond donors (Lipinski definition) is 2. The van der Waals surface area contributed by atoms with Gasteiger partial charge in [-0.2, -0.15) is 0 Å². The van der Waals surface area contributed by atoms with Crippen molar-refractivity contribution in [2.24, 2.45) is 0 Å². The van der Waals surface area contributed by atoms with E-state index in [9.17, 15) is 9.59 Å². The molecular formula is C22H23ClN2O3. The molecule has 0 bridgehead atoms. The van der Waals surface area contributed by atoms with Crippen molar-refractivity contribution in [3.8, 4) is 5.75 Å². The number of ether oxygens (including phenoxy) is 1. The predicted octanol–water partition coefficient (Wildman–Crippen LogP) is 3.79. The highest BCUT2D eigenvalue weighted by atomic mass is 35.5. The van der Waals surface area contributed by atoms with Crippen LogP contribution in [0.2, 0.25) is 5.02 Å². The van der Waals surface area contributed by atoms with E-state index in [2.05, 4.69) is 10.3 Å². The van der Waals surface area contributed by atoms with Gasteiger partial charge in [0.2, 0.25) is 5.91 Å². The van der Waals surface area contributed by atoms with E-state index in [1.807, 2.05) is 49.4 Å². The fourth-order valence-corrected chi connectivity index (χ4v) is 3.40. The lowest BCUT2D eigenvalue weighted by Gasteiger charge is -2.10. The van der Waals surface area contributed by atoms with Crippen LogP contribution in [0.4, 0.5) is 0 Å². The summed E-state index contributed by atoms with van der Waals surface area (Å²) in [5.74, 6) is 0.591. The number of halogens is 1. The minimum Gasteiger partial charge on any atom is -0.495 e. The number of nitrogens with one attached hydrogen (secondary N) is 2. The Bertz CT molecular complexity index is 1060. The molecule has 3 rings (SSSR count). The molecule has 0 spiro atoms. The average molecular weight is 399 g/mol. The maximum Gasteiger partial charge on any atom is 0.251 e. The van der Waals surface area contributed by atoms with Gasteiger partial charge in [0.25, 0.3) is 5.56 Å². The van der Waals surface area contributed by atoms with E-state index in [1.165, 1.54) is 0 Å². The second-order valence-corrected chi connectivity index (χ2v) is 7.16. The first-order valence-corrected chi connectivity index (χ1v) is 9.56. The summed E-state index contributed by atoms with van der Waals surface area (Å²) < 4.78 is 5.33. The minimum atomic E-state index is -0.162. The molecular weight excluding hydrogens is 376 g/mol. The molecule has 0 aliphatic heterocycles. The average Bonchev–Trinajstić information content (AvgIpc) is 2.67. The summed E-state index contributed by atoms with van der Waals surface area (Å²) >= 11 is 5.96. The molecule has 1 aromatic heterocycles. The molecule has 2 N–H and O–H groups in total. The predicted molar refractivity (Wildman–Crippen MR) is 112 cm³/mol. The van der Waals surface area contributed by atoms with Crippen LogP contribution >= 0.6 is 11.6 Å². The van der Waals surface area contributed by atoms with Gasteiger partial charge in [0.1, 0.15) is 5.75 Å². The van der Waals surface area contributed by atoms with Crippen LogP contribution in [0.1, 0.15) is 23.1 Å². The van der Waals surface area contributed by atoms with Crippen LogP contribution in [0.3, 0.4) is 0 Å². The molecule has 0 aliphatic carbocycles. The third-order valence-electron chi connectivity index (χ3n) is 4.74. The number of pyridine rings is 1. The van der Waals surface area contributed by atoms with Crippen LogP contribution in [-0.4, -0.2) is 24.5 Å². The van der Waals surface area contributed by atoms with Gasteiger partial charge in [-0.3, -0.25) is 9.59 Å². The molecule has 0 aliphatic rings. The summed E-state index contributed by atoms with van der Waals surface area (Å²) in [5, 5.41) is 4.49. The van der Waals surface area contributed by atoms with Gasteiger partial charge >= 0.3 is 0 Å². The number of carbonyl (C=O) groups is 1. The monoisotopic (exact) mass is 398 g/mol. The highest BCUT2D eigenvalue weighted by Crippen LogP contribution is 2.25. The second kappa shape index (κ2) is 8.93. The molecule has 0 radical (unpaired) electrons. The van der Waals surface area contributed by atoms with Crippen molar-refractivity contribution >= 4 is 28.4 Å². The van der Waals surface area contributed by atoms with Gasteiger partial charge in [0.05, 0.1) is 12.6 Å². The zero-order chi connectivity index (χ0) is 20.1. The van der Waals surface area contributed by atoms with E-state index in [4.69, 9.17) is 16.3 Å². The molecule has 0 saturated carbocycles. The van der Waals surface area contributed by atoms with Gasteiger partial charge in [-0.05, 0) is 55.2 Å². The third kappa shape index (κ3) is 4.73. The first-order valence-electron chi connectivity index (χ1n) is 9.18. The van der Waals surface area contributed by atoms with Crippen molar-refractivity contribution in [3.05, 3.63) is 74.5 Å². The first kappa shape index (κ1) is 20.0. The summed E-state index contributed by atoms with van der Waals surface area (Å²) in [6.07, 6.45) is 1.47. The maximum absolute atomic E-state index is 12.4. The van der Waals surface area contributed by atoms with Crippen molar-refractivity contribution < 1.29 is 9.53 Å². The largest absolute Gasteiger partial charge is 0.495 e. The minimum absolute atomic E-state index is 0.0463. The summed E-state index contributed by atoms with van der Waals surface area (Å²) in [6.45, 7) is 2.40. The maximum atomic E-state index is 12.4. The van der Waals surface area contributed by atoms with Crippen molar-refractivity contribution in [1.82, 2.24) is 10.3 Å². The van der Waals surface area contributed by atoms with Gasteiger partial charge in [-0.25, -0.2) is 0 Å². The number of carbonyl (C=O) groups excluding carboxylic acids is 1. The molecule has 0 saturated heterocycles. The molecule has 1 amide bonds. The van der Waals surface area contributed by atoms with Crippen LogP contribution in [0.5, 0.6) is 5.75 Å². The Morgan fingerprint density at radius 3 is 2.75 bits per heavy atom. The standard InChI is InChI=1S/C22H23ClN2O3/c1-14-6-8-19(28-2)21-18(14)13-16(22(27)25-21)10-11-24-20(26)9-7-15-4-3-5-17(23)12-15/h3-6,8,12-13H,7,9-11H2,1-2H3,(H,24,26)(H,25,27). The first-order chi connectivity index (χ1) is 13.5. The lowest BCUT2D eigenvalue weighted by atomic mass is 10.1. The van der Waals surface area contributed by atoms with E-state index in [0.29, 0.717) is 47.7 Å². The Balaban J connectivity index is 1.60. The van der Waals surface area contributed by atoms with E-state index >= 15 is 0 Å². The highest BCUT2D eigenvalue weighted by Gasteiger charge is 2.10. The number of hydrogen-bond acceptors (Lipinski definition) is 3. The molecule has 28 heavy (non-hydrogen) atoms. The van der Waals surface area contributed by atoms with E-state index < -0.39 is 0 Å². The number of aromatic nitrogens is 1. The molecule has 0 atom stereocenters. The molecule has 3 aromatic rings. The van der Waals surface area contributed by atoms with E-state index in [-0.39, 0.29) is 11.5 Å². The zero-order valence-corrected chi connectivity index (χ0v) is 16.7. The van der Waals surface area contributed by atoms with Crippen molar-refractivity contribution in [3.63, 3.8) is 0 Å². The van der Waals surface area contributed by atoms with Crippen LogP contribution in [-0.2, 0) is 17.6 Å². The zero-order valence-electron chi connectivity index (χ0n) is 16.0. The Hall–Kier alpha value is -2.79. The number of aromatic amines is 1. The number of methoxy groups -OCH3 is 1. The molecule has 0 unspecified atom stereocenters. The lowest BCUT2D eigenvalue weighted by Crippen LogP contribution is -2.27. The molecule has 2 aromatic carbocycles. The Kier molecular flexibility index (Phi) is 6.37. The van der Waals surface area contributed by atoms with Crippen LogP contribution < -0.4 is 15.6 Å². The summed E-state index contributed by atoms with van der Waals surface area (Å²) in [7, 11) is 1.58. The van der Waals surface area contributed by atoms with Crippen LogP contribution in [0, 0.1) is 6.92 Å². The fourth-order valence-electron chi connectivity index (χ4n) is 3.18. The number of fused-ring (bicyclic) bond motifs is 1. The highest BCUT2D eigenvalue weighted by molar-refractivity contribution is 6.30. The summed E-state index contributed by atoms with van der Waals surface area (Å²) in [5.41, 5.74) is 3.25. The molecule has 0 fully saturated rings. The van der Waals surface area contributed by atoms with Crippen molar-refractivity contribution in [2.45, 2.75) is 26.2 Å². The van der Waals surface area contributed by atoms with Gasteiger partial charge < -0.3 is 15.0 Å². The van der Waals surface area contributed by atoms with Gasteiger partial charge in [0, 0.05) is 28.9 Å². The van der Waals surface area contributed by atoms with Gasteiger partial charge in [-0.1, -0.05) is 29.8 Å². The fraction of sp³-hybridized carbons (Fsp3) is 0.273. The smallest absolute Gasteiger partial charge is 0.251 e. The van der Waals surface area contributed by atoms with E-state index in [1.54, 1.807) is 7.11 Å². The molecule has 1 heterocycles. The molecule has 6 heteroatoms. The normalized spacial score (nSPS) is 10.8. The molecule has 146 valence electrons. The Labute approximate surface area is 168 Å². The number of amides is 1. The quantitative estimate of drug-likeness (QED) is 0.636. The van der Waals surface area contributed by atoms with Crippen LogP contribution in [0.25, 0.3) is 10.9 Å². The lowest BCUT2D eigenvalue weighted by molar-refractivity contribution is -0.121. The van der Waals surface area contributed by atoms with Crippen molar-refractivity contribution in [1.29, 1.82) is 0 Å². The van der Waals surface area contributed by atoms with Crippen molar-refractivity contribution in [2.75, 3.05) is 13.7 Å². The summed E-state index contributed by atoms with van der Waals surface area (Å²) in [4.78, 5) is 27.4. The second-order valence-electron chi connectivity index (χ2n) is 6.73. The number of benzene rings is 2. The topological polar surface area (TPSA) is 71.2 Å². The Morgan fingerprint density at radius 1 is 1.18 bits per heavy atom. The summed E-state index contributed by atoms with van der Waals surface area (Å²) in [6, 6.07) is 13.2. The Morgan fingerprint density at radius 2 is 2.00 bits per heavy atom. The van der Waals surface area contributed by atoms with E-state index in [0.717, 1.165) is 16.5 Å². The number of rotatable bonds is 7. The molecule has 5 nitrogen and oxygen atoms in total. The van der Waals surface area contributed by atoms with Gasteiger partial charge in [0.15, 0.2) is 0 Å². The van der Waals surface area contributed by atoms with Gasteiger partial charge in [-0.15, -0.1) is 0 Å².